The molecule has 1 aliphatic heterocycles. The fraction of sp³-hybridized carbons (Fsp3) is 0.467. The van der Waals surface area contributed by atoms with E-state index in [1.165, 1.54) is 24.9 Å². The second-order valence-electron chi connectivity index (χ2n) is 5.39. The van der Waals surface area contributed by atoms with E-state index >= 15 is 0 Å². The van der Waals surface area contributed by atoms with Gasteiger partial charge in [0.2, 0.25) is 0 Å². The van der Waals surface area contributed by atoms with Gasteiger partial charge in [0.05, 0.1) is 0 Å². The van der Waals surface area contributed by atoms with Gasteiger partial charge in [-0.1, -0.05) is 23.7 Å². The van der Waals surface area contributed by atoms with Crippen LogP contribution in [0, 0.1) is 0 Å². The van der Waals surface area contributed by atoms with Crippen LogP contribution in [-0.2, 0) is 6.54 Å². The molecule has 4 nitrogen and oxygen atoms in total. The van der Waals surface area contributed by atoms with Gasteiger partial charge < -0.3 is 9.47 Å². The summed E-state index contributed by atoms with van der Waals surface area (Å²) in [6.45, 7) is 4.33. The first-order valence-electron chi connectivity index (χ1n) is 7.11. The molecule has 2 aromatic rings. The van der Waals surface area contributed by atoms with Crippen molar-refractivity contribution in [2.24, 2.45) is 0 Å². The Morgan fingerprint density at radius 2 is 1.85 bits per heavy atom. The topological polar surface area (TPSA) is 34.0 Å². The van der Waals surface area contributed by atoms with Crippen LogP contribution in [-0.4, -0.2) is 39.3 Å². The minimum absolute atomic E-state index is 0.627. The van der Waals surface area contributed by atoms with Gasteiger partial charge in [-0.05, 0) is 43.0 Å². The number of rotatable bonds is 4. The van der Waals surface area contributed by atoms with Gasteiger partial charge in [0, 0.05) is 24.7 Å². The van der Waals surface area contributed by atoms with Crippen molar-refractivity contribution >= 4 is 11.6 Å². The summed E-state index contributed by atoms with van der Waals surface area (Å²) in [4.78, 5) is 2.53. The summed E-state index contributed by atoms with van der Waals surface area (Å²) in [5.41, 5.74) is 1.41. The number of benzene rings is 1. The molecule has 0 N–H and O–H groups in total. The van der Waals surface area contributed by atoms with Gasteiger partial charge in [0.1, 0.15) is 12.7 Å². The molecule has 1 saturated heterocycles. The van der Waals surface area contributed by atoms with Gasteiger partial charge in [-0.3, -0.25) is 0 Å². The smallest absolute Gasteiger partial charge is 0.119 e. The molecular formula is C15H19ClN4. The third kappa shape index (κ3) is 3.38. The summed E-state index contributed by atoms with van der Waals surface area (Å²) in [7, 11) is 0. The molecule has 0 amide bonds. The summed E-state index contributed by atoms with van der Waals surface area (Å²) in [5.74, 6) is 0.627. The molecule has 0 saturated carbocycles. The monoisotopic (exact) mass is 290 g/mol. The molecule has 0 unspecified atom stereocenters. The standard InChI is InChI=1S/C15H19ClN4/c16-15-5-3-13(4-6-15)14-2-1-7-19(10-14)8-9-20-11-17-18-12-20/h3-6,11-12,14H,1-2,7-10H2/t14-/m1/s1. The van der Waals surface area contributed by atoms with Crippen molar-refractivity contribution in [3.8, 4) is 0 Å². The molecule has 5 heteroatoms. The zero-order valence-corrected chi connectivity index (χ0v) is 12.2. The van der Waals surface area contributed by atoms with E-state index in [1.807, 2.05) is 16.7 Å². The van der Waals surface area contributed by atoms with Crippen molar-refractivity contribution in [2.75, 3.05) is 19.6 Å². The van der Waals surface area contributed by atoms with E-state index in [4.69, 9.17) is 11.6 Å². The van der Waals surface area contributed by atoms with Crippen LogP contribution in [0.3, 0.4) is 0 Å². The van der Waals surface area contributed by atoms with Crippen molar-refractivity contribution in [2.45, 2.75) is 25.3 Å². The average molecular weight is 291 g/mol. The van der Waals surface area contributed by atoms with Crippen molar-refractivity contribution in [3.05, 3.63) is 47.5 Å². The lowest BCUT2D eigenvalue weighted by Crippen LogP contribution is -2.36. The maximum Gasteiger partial charge on any atom is 0.119 e. The van der Waals surface area contributed by atoms with E-state index in [-0.39, 0.29) is 0 Å². The molecule has 0 spiro atoms. The minimum Gasteiger partial charge on any atom is -0.319 e. The lowest BCUT2D eigenvalue weighted by atomic mass is 9.91. The van der Waals surface area contributed by atoms with Crippen LogP contribution in [0.4, 0.5) is 0 Å². The first-order chi connectivity index (χ1) is 9.81. The summed E-state index contributed by atoms with van der Waals surface area (Å²) in [6.07, 6.45) is 6.08. The predicted octanol–water partition coefficient (Wildman–Crippen LogP) is 2.81. The van der Waals surface area contributed by atoms with Gasteiger partial charge in [0.25, 0.3) is 0 Å². The quantitative estimate of drug-likeness (QED) is 0.868. The lowest BCUT2D eigenvalue weighted by molar-refractivity contribution is 0.201. The molecule has 0 radical (unpaired) electrons. The second kappa shape index (κ2) is 6.37. The Morgan fingerprint density at radius 1 is 1.10 bits per heavy atom. The summed E-state index contributed by atoms with van der Waals surface area (Å²) >= 11 is 5.96. The van der Waals surface area contributed by atoms with Crippen LogP contribution in [0.2, 0.25) is 5.02 Å². The Hall–Kier alpha value is -1.39. The third-order valence-corrected chi connectivity index (χ3v) is 4.24. The van der Waals surface area contributed by atoms with Gasteiger partial charge in [-0.15, -0.1) is 10.2 Å². The lowest BCUT2D eigenvalue weighted by Gasteiger charge is -2.33. The number of halogens is 1. The van der Waals surface area contributed by atoms with Crippen LogP contribution in [0.15, 0.2) is 36.9 Å². The molecule has 1 aromatic carbocycles. The highest BCUT2D eigenvalue weighted by Crippen LogP contribution is 2.27. The zero-order valence-electron chi connectivity index (χ0n) is 11.5. The van der Waals surface area contributed by atoms with Gasteiger partial charge >= 0.3 is 0 Å². The highest BCUT2D eigenvalue weighted by molar-refractivity contribution is 6.30. The van der Waals surface area contributed by atoms with Crippen LogP contribution >= 0.6 is 11.6 Å². The van der Waals surface area contributed by atoms with E-state index < -0.39 is 0 Å². The summed E-state index contributed by atoms with van der Waals surface area (Å²) < 4.78 is 2.03. The van der Waals surface area contributed by atoms with Crippen LogP contribution in [0.5, 0.6) is 0 Å². The molecule has 1 atom stereocenters. The predicted molar refractivity (Wildman–Crippen MR) is 79.9 cm³/mol. The van der Waals surface area contributed by atoms with E-state index in [9.17, 15) is 0 Å². The number of nitrogens with zero attached hydrogens (tertiary/aromatic N) is 4. The van der Waals surface area contributed by atoms with E-state index in [1.54, 1.807) is 12.7 Å². The van der Waals surface area contributed by atoms with E-state index in [2.05, 4.69) is 27.2 Å². The highest BCUT2D eigenvalue weighted by atomic mass is 35.5. The fourth-order valence-electron chi connectivity index (χ4n) is 2.86. The maximum absolute atomic E-state index is 5.96. The number of aromatic nitrogens is 3. The maximum atomic E-state index is 5.96. The Morgan fingerprint density at radius 3 is 2.60 bits per heavy atom. The minimum atomic E-state index is 0.627. The van der Waals surface area contributed by atoms with Crippen molar-refractivity contribution < 1.29 is 0 Å². The molecule has 20 heavy (non-hydrogen) atoms. The number of hydrogen-bond donors (Lipinski definition) is 0. The first kappa shape index (κ1) is 13.6. The molecule has 0 bridgehead atoms. The van der Waals surface area contributed by atoms with Crippen molar-refractivity contribution in [1.82, 2.24) is 19.7 Å². The molecule has 1 aliphatic rings. The molecule has 0 aliphatic carbocycles. The van der Waals surface area contributed by atoms with Crippen LogP contribution in [0.1, 0.15) is 24.3 Å². The normalized spacial score (nSPS) is 20.1. The van der Waals surface area contributed by atoms with E-state index in [0.29, 0.717) is 5.92 Å². The summed E-state index contributed by atoms with van der Waals surface area (Å²) in [6, 6.07) is 8.31. The van der Waals surface area contributed by atoms with Crippen LogP contribution in [0.25, 0.3) is 0 Å². The largest absolute Gasteiger partial charge is 0.319 e. The van der Waals surface area contributed by atoms with Gasteiger partial charge in [-0.2, -0.15) is 0 Å². The highest BCUT2D eigenvalue weighted by Gasteiger charge is 2.20. The van der Waals surface area contributed by atoms with Gasteiger partial charge in [0.15, 0.2) is 0 Å². The molecule has 1 fully saturated rings. The number of piperidine rings is 1. The van der Waals surface area contributed by atoms with Crippen LogP contribution < -0.4 is 0 Å². The average Bonchev–Trinajstić information content (AvgIpc) is 3.00. The van der Waals surface area contributed by atoms with Gasteiger partial charge in [-0.25, -0.2) is 0 Å². The Labute approximate surface area is 124 Å². The molecular weight excluding hydrogens is 272 g/mol. The Kier molecular flexibility index (Phi) is 4.33. The molecule has 1 aromatic heterocycles. The fourth-order valence-corrected chi connectivity index (χ4v) is 2.99. The number of hydrogen-bond acceptors (Lipinski definition) is 3. The molecule has 3 rings (SSSR count). The van der Waals surface area contributed by atoms with Crippen molar-refractivity contribution in [1.29, 1.82) is 0 Å². The second-order valence-corrected chi connectivity index (χ2v) is 5.83. The number of likely N-dealkylation sites (tertiary alicyclic amines) is 1. The Balaban J connectivity index is 1.57. The van der Waals surface area contributed by atoms with E-state index in [0.717, 1.165) is 24.7 Å². The Bertz CT molecular complexity index is 523. The first-order valence-corrected chi connectivity index (χ1v) is 7.49. The molecule has 2 heterocycles. The zero-order chi connectivity index (χ0) is 13.8. The summed E-state index contributed by atoms with van der Waals surface area (Å²) in [5, 5.41) is 8.49. The third-order valence-electron chi connectivity index (χ3n) is 3.99. The molecule has 106 valence electrons. The SMILES string of the molecule is Clc1ccc([C@@H]2CCCN(CCn3cnnc3)C2)cc1. The van der Waals surface area contributed by atoms with Crippen molar-refractivity contribution in [3.63, 3.8) is 0 Å².